The van der Waals surface area contributed by atoms with E-state index in [9.17, 15) is 8.78 Å². The van der Waals surface area contributed by atoms with Gasteiger partial charge in [0, 0.05) is 0 Å². The van der Waals surface area contributed by atoms with Crippen molar-refractivity contribution in [2.75, 3.05) is 0 Å². The first-order chi connectivity index (χ1) is 7.85. The molecule has 0 bridgehead atoms. The Hall–Kier alpha value is -0.140. The van der Waals surface area contributed by atoms with Crippen molar-refractivity contribution in [3.8, 4) is 0 Å². The summed E-state index contributed by atoms with van der Waals surface area (Å²) in [6.45, 7) is 10.3. The molecule has 0 aromatic heterocycles. The molecule has 0 aromatic rings. The van der Waals surface area contributed by atoms with Crippen LogP contribution >= 0.6 is 0 Å². The molecule has 5 atom stereocenters. The predicted molar refractivity (Wildman–Crippen MR) is 69.5 cm³/mol. The molecular weight excluding hydrogens is 218 g/mol. The van der Waals surface area contributed by atoms with E-state index in [0.717, 1.165) is 25.7 Å². The summed E-state index contributed by atoms with van der Waals surface area (Å²) < 4.78 is 28.5. The van der Waals surface area contributed by atoms with Crippen molar-refractivity contribution in [3.63, 3.8) is 0 Å². The van der Waals surface area contributed by atoms with Gasteiger partial charge in [-0.15, -0.1) is 0 Å². The number of hydrogen-bond acceptors (Lipinski definition) is 0. The first-order valence-electron chi connectivity index (χ1n) is 7.13. The van der Waals surface area contributed by atoms with E-state index in [2.05, 4.69) is 34.6 Å². The Kier molecular flexibility index (Phi) is 4.97. The number of halogens is 2. The van der Waals surface area contributed by atoms with Crippen LogP contribution in [-0.2, 0) is 0 Å². The van der Waals surface area contributed by atoms with Crippen molar-refractivity contribution in [1.29, 1.82) is 0 Å². The number of alkyl halides is 2. The third kappa shape index (κ3) is 3.00. The second-order valence-corrected chi connectivity index (χ2v) is 6.46. The van der Waals surface area contributed by atoms with Crippen molar-refractivity contribution in [2.24, 2.45) is 23.2 Å². The Bertz CT molecular complexity index is 237. The van der Waals surface area contributed by atoms with Gasteiger partial charge < -0.3 is 0 Å². The lowest BCUT2D eigenvalue weighted by Gasteiger charge is -2.44. The molecule has 1 rings (SSSR count). The molecule has 0 radical (unpaired) electrons. The van der Waals surface area contributed by atoms with E-state index in [0.29, 0.717) is 5.92 Å². The highest BCUT2D eigenvalue weighted by molar-refractivity contribution is 4.95. The molecule has 0 amide bonds. The maximum Gasteiger partial charge on any atom is 0.135 e. The van der Waals surface area contributed by atoms with E-state index < -0.39 is 12.3 Å². The van der Waals surface area contributed by atoms with Gasteiger partial charge >= 0.3 is 0 Å². The van der Waals surface area contributed by atoms with Crippen LogP contribution < -0.4 is 0 Å². The zero-order valence-corrected chi connectivity index (χ0v) is 12.0. The fourth-order valence-corrected chi connectivity index (χ4v) is 3.13. The molecule has 0 aliphatic heterocycles. The lowest BCUT2D eigenvalue weighted by atomic mass is 9.64. The summed E-state index contributed by atoms with van der Waals surface area (Å²) in [5.41, 5.74) is -0.0792. The highest BCUT2D eigenvalue weighted by Crippen LogP contribution is 2.46. The van der Waals surface area contributed by atoms with E-state index in [4.69, 9.17) is 0 Å². The molecule has 102 valence electrons. The largest absolute Gasteiger partial charge is 0.244 e. The van der Waals surface area contributed by atoms with Gasteiger partial charge in [-0.1, -0.05) is 47.5 Å². The Morgan fingerprint density at radius 3 is 2.18 bits per heavy atom. The van der Waals surface area contributed by atoms with Gasteiger partial charge in [0.25, 0.3) is 0 Å². The van der Waals surface area contributed by atoms with Gasteiger partial charge in [-0.25, -0.2) is 8.78 Å². The van der Waals surface area contributed by atoms with E-state index in [1.54, 1.807) is 0 Å². The van der Waals surface area contributed by atoms with Crippen LogP contribution in [0, 0.1) is 23.2 Å². The summed E-state index contributed by atoms with van der Waals surface area (Å²) in [6, 6.07) is 0. The van der Waals surface area contributed by atoms with Crippen LogP contribution in [0.3, 0.4) is 0 Å². The van der Waals surface area contributed by atoms with Crippen LogP contribution in [0.2, 0.25) is 0 Å². The first-order valence-corrected chi connectivity index (χ1v) is 7.13. The van der Waals surface area contributed by atoms with E-state index in [1.165, 1.54) is 0 Å². The highest BCUT2D eigenvalue weighted by Gasteiger charge is 2.46. The topological polar surface area (TPSA) is 0 Å². The SMILES string of the molecule is CCC(C)C1CCC(C(C)(C)CC)C(F)C1F. The third-order valence-electron chi connectivity index (χ3n) is 5.20. The van der Waals surface area contributed by atoms with E-state index in [1.807, 2.05) is 0 Å². The maximum atomic E-state index is 14.3. The van der Waals surface area contributed by atoms with Crippen LogP contribution in [0.4, 0.5) is 8.78 Å². The molecule has 0 nitrogen and oxygen atoms in total. The monoisotopic (exact) mass is 246 g/mol. The van der Waals surface area contributed by atoms with Gasteiger partial charge in [0.15, 0.2) is 0 Å². The fourth-order valence-electron chi connectivity index (χ4n) is 3.13. The minimum atomic E-state index is -1.27. The quantitative estimate of drug-likeness (QED) is 0.642. The lowest BCUT2D eigenvalue weighted by Crippen LogP contribution is -2.45. The first kappa shape index (κ1) is 14.9. The Morgan fingerprint density at radius 1 is 1.12 bits per heavy atom. The molecule has 2 heteroatoms. The Labute approximate surface area is 105 Å². The molecule has 1 saturated carbocycles. The van der Waals surface area contributed by atoms with Crippen LogP contribution in [0.1, 0.15) is 60.3 Å². The molecular formula is C15H28F2. The van der Waals surface area contributed by atoms with Gasteiger partial charge in [-0.05, 0) is 36.0 Å². The summed E-state index contributed by atoms with van der Waals surface area (Å²) in [5.74, 6) is 0.121. The van der Waals surface area contributed by atoms with Crippen LogP contribution in [0.15, 0.2) is 0 Å². The van der Waals surface area contributed by atoms with Crippen molar-refractivity contribution in [3.05, 3.63) is 0 Å². The van der Waals surface area contributed by atoms with Crippen LogP contribution in [-0.4, -0.2) is 12.3 Å². The Morgan fingerprint density at radius 2 is 1.71 bits per heavy atom. The minimum absolute atomic E-state index is 0.0705. The van der Waals surface area contributed by atoms with Crippen molar-refractivity contribution < 1.29 is 8.78 Å². The summed E-state index contributed by atoms with van der Waals surface area (Å²) in [5, 5.41) is 0. The minimum Gasteiger partial charge on any atom is -0.244 e. The standard InChI is InChI=1S/C15H28F2/c1-6-10(3)11-8-9-12(14(17)13(11)16)15(4,5)7-2/h10-14H,6-9H2,1-5H3. The van der Waals surface area contributed by atoms with Gasteiger partial charge in [0.1, 0.15) is 12.3 Å². The summed E-state index contributed by atoms with van der Waals surface area (Å²) in [4.78, 5) is 0. The highest BCUT2D eigenvalue weighted by atomic mass is 19.2. The second-order valence-electron chi connectivity index (χ2n) is 6.46. The van der Waals surface area contributed by atoms with Crippen molar-refractivity contribution in [1.82, 2.24) is 0 Å². The number of hydrogen-bond donors (Lipinski definition) is 0. The maximum absolute atomic E-state index is 14.3. The van der Waals surface area contributed by atoms with Gasteiger partial charge in [-0.3, -0.25) is 0 Å². The van der Waals surface area contributed by atoms with E-state index >= 15 is 0 Å². The third-order valence-corrected chi connectivity index (χ3v) is 5.20. The van der Waals surface area contributed by atoms with Crippen LogP contribution in [0.25, 0.3) is 0 Å². The fraction of sp³-hybridized carbons (Fsp3) is 1.00. The van der Waals surface area contributed by atoms with Gasteiger partial charge in [0.2, 0.25) is 0 Å². The van der Waals surface area contributed by atoms with Gasteiger partial charge in [-0.2, -0.15) is 0 Å². The van der Waals surface area contributed by atoms with E-state index in [-0.39, 0.29) is 17.3 Å². The molecule has 0 aromatic carbocycles. The zero-order valence-electron chi connectivity index (χ0n) is 12.0. The number of rotatable bonds is 4. The molecule has 0 spiro atoms. The molecule has 0 N–H and O–H groups in total. The summed E-state index contributed by atoms with van der Waals surface area (Å²) in [6.07, 6.45) is 1.04. The summed E-state index contributed by atoms with van der Waals surface area (Å²) in [7, 11) is 0. The van der Waals surface area contributed by atoms with Gasteiger partial charge in [0.05, 0.1) is 0 Å². The smallest absolute Gasteiger partial charge is 0.135 e. The molecule has 0 saturated heterocycles. The zero-order chi connectivity index (χ0) is 13.2. The average molecular weight is 246 g/mol. The molecule has 1 aliphatic carbocycles. The molecule has 1 fully saturated rings. The lowest BCUT2D eigenvalue weighted by molar-refractivity contribution is -0.0419. The van der Waals surface area contributed by atoms with Crippen molar-refractivity contribution >= 4 is 0 Å². The Balaban J connectivity index is 2.75. The van der Waals surface area contributed by atoms with Crippen molar-refractivity contribution in [2.45, 2.75) is 72.6 Å². The molecule has 1 aliphatic rings. The second kappa shape index (κ2) is 5.67. The normalized spacial score (nSPS) is 36.9. The molecule has 0 heterocycles. The molecule has 5 unspecified atom stereocenters. The van der Waals surface area contributed by atoms with Crippen LogP contribution in [0.5, 0.6) is 0 Å². The predicted octanol–water partition coefficient (Wildman–Crippen LogP) is 5.17. The molecule has 17 heavy (non-hydrogen) atoms. The summed E-state index contributed by atoms with van der Waals surface area (Å²) >= 11 is 0. The average Bonchev–Trinajstić information content (AvgIpc) is 2.31.